The van der Waals surface area contributed by atoms with Crippen LogP contribution in [0.5, 0.6) is 0 Å². The molecule has 2 aliphatic carbocycles. The number of epoxide rings is 1. The van der Waals surface area contributed by atoms with Crippen LogP contribution in [0.4, 0.5) is 5.82 Å². The molecule has 0 bridgehead atoms. The van der Waals surface area contributed by atoms with Crippen LogP contribution >= 0.6 is 0 Å². The van der Waals surface area contributed by atoms with E-state index in [4.69, 9.17) is 10.5 Å². The Morgan fingerprint density at radius 2 is 1.95 bits per heavy atom. The highest BCUT2D eigenvalue weighted by Crippen LogP contribution is 2.58. The Morgan fingerprint density at radius 3 is 2.70 bits per heavy atom. The molecule has 10 nitrogen and oxygen atoms in total. The zero-order valence-corrected chi connectivity index (χ0v) is 21.8. The molecule has 2 saturated heterocycles. The van der Waals surface area contributed by atoms with Crippen molar-refractivity contribution in [3.05, 3.63) is 36.0 Å². The zero-order chi connectivity index (χ0) is 26.4. The molecule has 9 unspecified atom stereocenters. The van der Waals surface area contributed by atoms with Crippen molar-refractivity contribution in [3.63, 3.8) is 0 Å². The number of aliphatic hydroxyl groups excluding tert-OH is 1. The lowest BCUT2D eigenvalue weighted by molar-refractivity contribution is -0.148. The number of aliphatic hydroxyl groups is 1. The second-order valence-electron chi connectivity index (χ2n) is 11.5. The van der Waals surface area contributed by atoms with Crippen molar-refractivity contribution in [2.75, 3.05) is 5.73 Å². The predicted octanol–water partition coefficient (Wildman–Crippen LogP) is 2.11. The molecule has 4 aliphatic rings. The summed E-state index contributed by atoms with van der Waals surface area (Å²) in [6.07, 6.45) is 6.63. The molecular formula is C27H34N6O4. The number of anilines is 1. The fourth-order valence-corrected chi connectivity index (χ4v) is 7.53. The van der Waals surface area contributed by atoms with Gasteiger partial charge in [-0.15, -0.1) is 0 Å². The number of imidazole rings is 1. The number of aromatic nitrogens is 4. The minimum atomic E-state index is -1.42. The maximum absolute atomic E-state index is 14.7. The first-order valence-electron chi connectivity index (χ1n) is 13.0. The van der Waals surface area contributed by atoms with Crippen molar-refractivity contribution in [2.45, 2.75) is 77.4 Å². The smallest absolute Gasteiger partial charge is 0.235 e. The number of Topliss-reactive ketones (excluding diaryl/α,β-unsaturated/α-hetero) is 1. The van der Waals surface area contributed by atoms with Crippen LogP contribution in [0.3, 0.4) is 0 Å². The van der Waals surface area contributed by atoms with E-state index in [1.165, 1.54) is 6.33 Å². The van der Waals surface area contributed by atoms with Gasteiger partial charge in [0.25, 0.3) is 0 Å². The largest absolute Gasteiger partial charge is 0.388 e. The maximum Gasteiger partial charge on any atom is 0.235 e. The summed E-state index contributed by atoms with van der Waals surface area (Å²) in [4.78, 5) is 41.4. The number of fused-ring (bicyclic) bond motifs is 2. The van der Waals surface area contributed by atoms with Gasteiger partial charge in [-0.3, -0.25) is 9.59 Å². The van der Waals surface area contributed by atoms with Gasteiger partial charge in [0.15, 0.2) is 17.2 Å². The number of nitrogens with one attached hydrogen (secondary N) is 1. The number of nitrogens with zero attached hydrogens (tertiary/aromatic N) is 4. The van der Waals surface area contributed by atoms with E-state index >= 15 is 0 Å². The van der Waals surface area contributed by atoms with Gasteiger partial charge < -0.3 is 25.5 Å². The first kappa shape index (κ1) is 24.2. The van der Waals surface area contributed by atoms with E-state index in [-0.39, 0.29) is 47.9 Å². The number of hydrogen-bond donors (Lipinski definition) is 3. The van der Waals surface area contributed by atoms with E-state index in [0.29, 0.717) is 17.6 Å². The van der Waals surface area contributed by atoms with E-state index < -0.39 is 29.1 Å². The third kappa shape index (κ3) is 3.08. The fraction of sp³-hybridized carbons (Fsp3) is 0.593. The van der Waals surface area contributed by atoms with Crippen molar-refractivity contribution in [2.24, 2.45) is 23.2 Å². The zero-order valence-electron chi connectivity index (χ0n) is 21.8. The van der Waals surface area contributed by atoms with Gasteiger partial charge in [0, 0.05) is 24.3 Å². The number of ketones is 1. The molecule has 0 radical (unpaired) electrons. The highest BCUT2D eigenvalue weighted by atomic mass is 16.6. The van der Waals surface area contributed by atoms with Gasteiger partial charge in [-0.2, -0.15) is 0 Å². The van der Waals surface area contributed by atoms with Crippen LogP contribution in [0.2, 0.25) is 0 Å². The summed E-state index contributed by atoms with van der Waals surface area (Å²) in [5.74, 6) is -1.12. The van der Waals surface area contributed by atoms with Crippen LogP contribution in [0.1, 0.15) is 53.5 Å². The van der Waals surface area contributed by atoms with Gasteiger partial charge in [-0.05, 0) is 45.6 Å². The first-order chi connectivity index (χ1) is 17.5. The molecule has 4 N–H and O–H groups in total. The van der Waals surface area contributed by atoms with Crippen LogP contribution in [0.25, 0.3) is 11.2 Å². The minimum Gasteiger partial charge on any atom is -0.388 e. The van der Waals surface area contributed by atoms with E-state index in [0.717, 1.165) is 11.1 Å². The second-order valence-corrected chi connectivity index (χ2v) is 11.5. The molecule has 2 aliphatic heterocycles. The van der Waals surface area contributed by atoms with Gasteiger partial charge in [0.05, 0.1) is 24.6 Å². The average Bonchev–Trinajstić information content (AvgIpc) is 3.23. The van der Waals surface area contributed by atoms with E-state index in [2.05, 4.69) is 27.2 Å². The third-order valence-corrected chi connectivity index (χ3v) is 9.60. The molecular weight excluding hydrogens is 472 g/mol. The number of amides is 1. The molecule has 2 aromatic rings. The predicted molar refractivity (Wildman–Crippen MR) is 136 cm³/mol. The number of nitrogens with two attached hydrogens (primary N) is 1. The van der Waals surface area contributed by atoms with Crippen LogP contribution in [-0.2, 0) is 14.3 Å². The van der Waals surface area contributed by atoms with Gasteiger partial charge in [0.2, 0.25) is 5.91 Å². The summed E-state index contributed by atoms with van der Waals surface area (Å²) in [5, 5.41) is 14.5. The Kier molecular flexibility index (Phi) is 5.20. The molecule has 2 fully saturated rings. The van der Waals surface area contributed by atoms with Crippen molar-refractivity contribution in [3.8, 4) is 0 Å². The Hall–Kier alpha value is -3.11. The quantitative estimate of drug-likeness (QED) is 0.303. The molecule has 0 aromatic carbocycles. The summed E-state index contributed by atoms with van der Waals surface area (Å²) >= 11 is 0. The summed E-state index contributed by atoms with van der Waals surface area (Å²) < 4.78 is 8.19. The lowest BCUT2D eigenvalue weighted by Crippen LogP contribution is -2.56. The van der Waals surface area contributed by atoms with Crippen molar-refractivity contribution in [1.29, 1.82) is 0 Å². The van der Waals surface area contributed by atoms with Crippen LogP contribution < -0.4 is 11.1 Å². The van der Waals surface area contributed by atoms with Gasteiger partial charge in [0.1, 0.15) is 22.9 Å². The Labute approximate surface area is 215 Å². The SMILES string of the molecule is CC1=C(C)C2C(C)NC(=O)C23C(=O)CC(n2cnc4c(N)ncnc42)C2(C)OC2C(C)CC=CC3C1O. The Morgan fingerprint density at radius 1 is 1.19 bits per heavy atom. The number of carbonyl (C=O) groups excluding carboxylic acids is 2. The molecule has 196 valence electrons. The van der Waals surface area contributed by atoms with Crippen molar-refractivity contribution in [1.82, 2.24) is 24.8 Å². The van der Waals surface area contributed by atoms with Crippen LogP contribution in [0.15, 0.2) is 36.0 Å². The number of nitrogen functional groups attached to an aromatic ring is 1. The average molecular weight is 507 g/mol. The lowest BCUT2D eigenvalue weighted by atomic mass is 9.54. The highest BCUT2D eigenvalue weighted by Gasteiger charge is 2.68. The maximum atomic E-state index is 14.7. The standard InChI is InChI=1S/C27H34N6O4/c1-12-7-6-8-16-21(35)14(3)13(2)19-15(4)32-25(36)27(16,19)18(34)9-17(26(5)22(12)37-26)33-11-31-20-23(28)29-10-30-24(20)33/h6,8,10-12,15-17,19,21-22,35H,7,9H2,1-5H3,(H,32,36)(H2,28,29,30). The minimum absolute atomic E-state index is 0.0229. The highest BCUT2D eigenvalue weighted by molar-refractivity contribution is 6.10. The molecule has 4 heterocycles. The molecule has 6 rings (SSSR count). The van der Waals surface area contributed by atoms with Crippen LogP contribution in [0, 0.1) is 23.2 Å². The monoisotopic (exact) mass is 506 g/mol. The number of hydrogen-bond acceptors (Lipinski definition) is 8. The molecule has 0 saturated carbocycles. The normalized spacial score (nSPS) is 41.6. The summed E-state index contributed by atoms with van der Waals surface area (Å²) in [6, 6.07) is -0.715. The molecule has 37 heavy (non-hydrogen) atoms. The molecule has 9 atom stereocenters. The molecule has 2 aromatic heterocycles. The summed E-state index contributed by atoms with van der Waals surface area (Å²) in [5.41, 5.74) is 6.68. The van der Waals surface area contributed by atoms with Crippen LogP contribution in [-0.4, -0.2) is 60.2 Å². The fourth-order valence-electron chi connectivity index (χ4n) is 7.53. The first-order valence-corrected chi connectivity index (χ1v) is 13.0. The number of rotatable bonds is 1. The van der Waals surface area contributed by atoms with Gasteiger partial charge in [-0.25, -0.2) is 15.0 Å². The Bertz CT molecular complexity index is 1380. The number of ether oxygens (including phenoxy) is 1. The Balaban J connectivity index is 1.55. The number of allylic oxidation sites excluding steroid dienone is 1. The van der Waals surface area contributed by atoms with Gasteiger partial charge >= 0.3 is 0 Å². The third-order valence-electron chi connectivity index (χ3n) is 9.60. The summed E-state index contributed by atoms with van der Waals surface area (Å²) in [7, 11) is 0. The van der Waals surface area contributed by atoms with E-state index in [9.17, 15) is 14.7 Å². The van der Waals surface area contributed by atoms with E-state index in [1.807, 2.05) is 44.4 Å². The topological polar surface area (TPSA) is 149 Å². The number of carbonyl (C=O) groups is 2. The van der Waals surface area contributed by atoms with Crippen molar-refractivity contribution < 1.29 is 19.4 Å². The summed E-state index contributed by atoms with van der Waals surface area (Å²) in [6.45, 7) is 9.91. The molecule has 1 amide bonds. The van der Waals surface area contributed by atoms with E-state index in [1.54, 1.807) is 6.33 Å². The van der Waals surface area contributed by atoms with Crippen molar-refractivity contribution >= 4 is 28.7 Å². The molecule has 10 heteroatoms. The second kappa shape index (κ2) is 7.94. The lowest BCUT2D eigenvalue weighted by Gasteiger charge is -2.46. The molecule has 1 spiro atoms. The van der Waals surface area contributed by atoms with Gasteiger partial charge in [-0.1, -0.05) is 24.6 Å².